The van der Waals surface area contributed by atoms with Gasteiger partial charge in [-0.3, -0.25) is 9.53 Å². The Kier molecular flexibility index (Phi) is 3.47. The highest BCUT2D eigenvalue weighted by Crippen LogP contribution is 2.20. The number of alkyl halides is 3. The van der Waals surface area contributed by atoms with Crippen molar-refractivity contribution in [2.45, 2.75) is 19.4 Å². The van der Waals surface area contributed by atoms with E-state index in [2.05, 4.69) is 4.74 Å². The third kappa shape index (κ3) is 3.71. The Morgan fingerprint density at radius 3 is 2.27 bits per heavy atom. The third-order valence-electron chi connectivity index (χ3n) is 1.74. The van der Waals surface area contributed by atoms with Crippen molar-refractivity contribution in [3.63, 3.8) is 0 Å². The number of ether oxygens (including phenoxy) is 1. The van der Waals surface area contributed by atoms with Crippen molar-refractivity contribution >= 4 is 5.78 Å². The number of carbonyl (C=O) groups excluding carboxylic acids is 1. The Hall–Kier alpha value is -1.36. The van der Waals surface area contributed by atoms with E-state index in [1.54, 1.807) is 18.2 Å². The summed E-state index contributed by atoms with van der Waals surface area (Å²) in [6, 6.07) is 7.71. The standard InChI is InChI=1S/C10H9F3O2/c1-7(15-10(11,12)13)9(14)8-5-3-2-4-6-8/h2-7H,1H3. The number of ketones is 1. The first-order valence-electron chi connectivity index (χ1n) is 4.24. The SMILES string of the molecule is CC(OC(F)(F)F)C(=O)c1ccccc1. The average Bonchev–Trinajstić information content (AvgIpc) is 2.15. The van der Waals surface area contributed by atoms with E-state index in [0.29, 0.717) is 0 Å². The van der Waals surface area contributed by atoms with Crippen molar-refractivity contribution in [2.24, 2.45) is 0 Å². The van der Waals surface area contributed by atoms with E-state index in [1.807, 2.05) is 0 Å². The molecular weight excluding hydrogens is 209 g/mol. The van der Waals surface area contributed by atoms with Crippen LogP contribution >= 0.6 is 0 Å². The van der Waals surface area contributed by atoms with Crippen molar-refractivity contribution < 1.29 is 22.7 Å². The van der Waals surface area contributed by atoms with Crippen molar-refractivity contribution in [1.82, 2.24) is 0 Å². The first-order chi connectivity index (χ1) is 6.90. The lowest BCUT2D eigenvalue weighted by Gasteiger charge is -2.13. The number of rotatable bonds is 3. The van der Waals surface area contributed by atoms with Crippen LogP contribution in [-0.2, 0) is 4.74 Å². The molecule has 1 aromatic rings. The maximum Gasteiger partial charge on any atom is 0.523 e. The minimum absolute atomic E-state index is 0.203. The summed E-state index contributed by atoms with van der Waals surface area (Å²) in [6.45, 7) is 1.07. The second kappa shape index (κ2) is 4.44. The number of carbonyl (C=O) groups is 1. The van der Waals surface area contributed by atoms with E-state index < -0.39 is 18.2 Å². The molecule has 0 aromatic heterocycles. The zero-order valence-electron chi connectivity index (χ0n) is 7.91. The summed E-state index contributed by atoms with van der Waals surface area (Å²) in [7, 11) is 0. The predicted octanol–water partition coefficient (Wildman–Crippen LogP) is 2.79. The van der Waals surface area contributed by atoms with Gasteiger partial charge in [0.25, 0.3) is 0 Å². The van der Waals surface area contributed by atoms with E-state index in [-0.39, 0.29) is 5.56 Å². The van der Waals surface area contributed by atoms with E-state index in [4.69, 9.17) is 0 Å². The number of Topliss-reactive ketones (excluding diaryl/α,β-unsaturated/α-hetero) is 1. The highest BCUT2D eigenvalue weighted by Gasteiger charge is 2.34. The Balaban J connectivity index is 2.70. The minimum Gasteiger partial charge on any atom is -0.291 e. The second-order valence-corrected chi connectivity index (χ2v) is 2.94. The zero-order chi connectivity index (χ0) is 11.5. The quantitative estimate of drug-likeness (QED) is 0.729. The molecule has 1 atom stereocenters. The molecule has 1 unspecified atom stereocenters. The predicted molar refractivity (Wildman–Crippen MR) is 47.4 cm³/mol. The number of halogens is 3. The molecule has 0 aliphatic heterocycles. The summed E-state index contributed by atoms with van der Waals surface area (Å²) in [5, 5.41) is 0. The molecule has 15 heavy (non-hydrogen) atoms. The zero-order valence-corrected chi connectivity index (χ0v) is 7.91. The molecule has 0 heterocycles. The van der Waals surface area contributed by atoms with Gasteiger partial charge in [-0.15, -0.1) is 13.2 Å². The van der Waals surface area contributed by atoms with E-state index >= 15 is 0 Å². The number of benzene rings is 1. The highest BCUT2D eigenvalue weighted by atomic mass is 19.4. The van der Waals surface area contributed by atoms with Crippen LogP contribution < -0.4 is 0 Å². The fourth-order valence-electron chi connectivity index (χ4n) is 1.09. The topological polar surface area (TPSA) is 26.3 Å². The number of hydrogen-bond donors (Lipinski definition) is 0. The Labute approximate surface area is 84.7 Å². The molecule has 0 radical (unpaired) electrons. The first-order valence-corrected chi connectivity index (χ1v) is 4.24. The van der Waals surface area contributed by atoms with Crippen LogP contribution in [0.25, 0.3) is 0 Å². The van der Waals surface area contributed by atoms with Crippen LogP contribution in [0.15, 0.2) is 30.3 Å². The normalized spacial score (nSPS) is 13.6. The van der Waals surface area contributed by atoms with E-state index in [1.165, 1.54) is 12.1 Å². The molecule has 0 fully saturated rings. The molecule has 2 nitrogen and oxygen atoms in total. The molecule has 1 rings (SSSR count). The second-order valence-electron chi connectivity index (χ2n) is 2.94. The fourth-order valence-corrected chi connectivity index (χ4v) is 1.09. The smallest absolute Gasteiger partial charge is 0.291 e. The molecular formula is C10H9F3O2. The molecule has 0 aliphatic carbocycles. The maximum atomic E-state index is 11.8. The number of hydrogen-bond acceptors (Lipinski definition) is 2. The minimum atomic E-state index is -4.79. The van der Waals surface area contributed by atoms with Crippen LogP contribution in [0.3, 0.4) is 0 Å². The first kappa shape index (κ1) is 11.7. The summed E-state index contributed by atoms with van der Waals surface area (Å²) in [5.41, 5.74) is 0.203. The van der Waals surface area contributed by atoms with Gasteiger partial charge in [0.2, 0.25) is 0 Å². The molecule has 0 bridgehead atoms. The van der Waals surface area contributed by atoms with E-state index in [0.717, 1.165) is 6.92 Å². The lowest BCUT2D eigenvalue weighted by Crippen LogP contribution is -2.28. The van der Waals surface area contributed by atoms with Gasteiger partial charge in [0.1, 0.15) is 6.10 Å². The lowest BCUT2D eigenvalue weighted by molar-refractivity contribution is -0.333. The average molecular weight is 218 g/mol. The van der Waals surface area contributed by atoms with Crippen LogP contribution in [0.2, 0.25) is 0 Å². The molecule has 5 heteroatoms. The van der Waals surface area contributed by atoms with Crippen LogP contribution in [0.4, 0.5) is 13.2 Å². The summed E-state index contributed by atoms with van der Waals surface area (Å²) in [5.74, 6) is -0.687. The van der Waals surface area contributed by atoms with Crippen molar-refractivity contribution in [2.75, 3.05) is 0 Å². The molecule has 0 aliphatic rings. The molecule has 0 saturated carbocycles. The Bertz CT molecular complexity index is 332. The molecule has 0 spiro atoms. The summed E-state index contributed by atoms with van der Waals surface area (Å²) >= 11 is 0. The molecule has 0 saturated heterocycles. The van der Waals surface area contributed by atoms with Crippen LogP contribution in [0.1, 0.15) is 17.3 Å². The van der Waals surface area contributed by atoms with Crippen LogP contribution in [0, 0.1) is 0 Å². The van der Waals surface area contributed by atoms with Gasteiger partial charge in [-0.25, -0.2) is 0 Å². The largest absolute Gasteiger partial charge is 0.523 e. The van der Waals surface area contributed by atoms with Gasteiger partial charge in [-0.2, -0.15) is 0 Å². The van der Waals surface area contributed by atoms with Gasteiger partial charge in [0, 0.05) is 5.56 Å². The monoisotopic (exact) mass is 218 g/mol. The summed E-state index contributed by atoms with van der Waals surface area (Å²) < 4.78 is 39.0. The molecule has 1 aromatic carbocycles. The van der Waals surface area contributed by atoms with Crippen LogP contribution in [0.5, 0.6) is 0 Å². The fraction of sp³-hybridized carbons (Fsp3) is 0.300. The summed E-state index contributed by atoms with van der Waals surface area (Å²) in [6.07, 6.45) is -6.31. The lowest BCUT2D eigenvalue weighted by atomic mass is 10.1. The Morgan fingerprint density at radius 1 is 1.27 bits per heavy atom. The third-order valence-corrected chi connectivity index (χ3v) is 1.74. The van der Waals surface area contributed by atoms with Gasteiger partial charge in [-0.1, -0.05) is 30.3 Å². The Morgan fingerprint density at radius 2 is 1.80 bits per heavy atom. The van der Waals surface area contributed by atoms with Gasteiger partial charge in [0.05, 0.1) is 0 Å². The van der Waals surface area contributed by atoms with Gasteiger partial charge in [0.15, 0.2) is 5.78 Å². The highest BCUT2D eigenvalue weighted by molar-refractivity contribution is 5.99. The van der Waals surface area contributed by atoms with Gasteiger partial charge in [-0.05, 0) is 6.92 Å². The summed E-state index contributed by atoms with van der Waals surface area (Å²) in [4.78, 5) is 11.4. The molecule has 0 amide bonds. The van der Waals surface area contributed by atoms with Gasteiger partial charge >= 0.3 is 6.36 Å². The van der Waals surface area contributed by atoms with Crippen molar-refractivity contribution in [3.05, 3.63) is 35.9 Å². The van der Waals surface area contributed by atoms with Gasteiger partial charge < -0.3 is 0 Å². The maximum absolute atomic E-state index is 11.8. The van der Waals surface area contributed by atoms with E-state index in [9.17, 15) is 18.0 Å². The van der Waals surface area contributed by atoms with Crippen molar-refractivity contribution in [3.8, 4) is 0 Å². The van der Waals surface area contributed by atoms with Crippen LogP contribution in [-0.4, -0.2) is 18.2 Å². The van der Waals surface area contributed by atoms with Crippen molar-refractivity contribution in [1.29, 1.82) is 0 Å². The molecule has 0 N–H and O–H groups in total. The molecule has 82 valence electrons.